The first-order valence-corrected chi connectivity index (χ1v) is 5.90. The van der Waals surface area contributed by atoms with Crippen molar-refractivity contribution in [1.29, 1.82) is 0 Å². The van der Waals surface area contributed by atoms with E-state index in [0.29, 0.717) is 12.8 Å². The Morgan fingerprint density at radius 2 is 2.19 bits per heavy atom. The molecule has 0 saturated heterocycles. The summed E-state index contributed by atoms with van der Waals surface area (Å²) >= 11 is 0. The Hall–Kier alpha value is -0.610. The average Bonchev–Trinajstić information content (AvgIpc) is 2.15. The maximum absolute atomic E-state index is 12.0. The van der Waals surface area contributed by atoms with Crippen LogP contribution < -0.4 is 5.73 Å². The molecule has 0 spiro atoms. The van der Waals surface area contributed by atoms with Crippen LogP contribution >= 0.6 is 0 Å². The van der Waals surface area contributed by atoms with Gasteiger partial charge in [0.2, 0.25) is 0 Å². The van der Waals surface area contributed by atoms with Crippen LogP contribution in [0.2, 0.25) is 0 Å². The van der Waals surface area contributed by atoms with Gasteiger partial charge >= 0.3 is 5.97 Å². The minimum absolute atomic E-state index is 0.0990. The predicted molar refractivity (Wildman–Crippen MR) is 61.8 cm³/mol. The molecule has 3 N–H and O–H groups in total. The van der Waals surface area contributed by atoms with E-state index in [1.165, 1.54) is 0 Å². The van der Waals surface area contributed by atoms with Crippen LogP contribution in [0.15, 0.2) is 0 Å². The molecule has 1 fully saturated rings. The number of carbonyl (C=O) groups is 1. The zero-order chi connectivity index (χ0) is 12.4. The van der Waals surface area contributed by atoms with E-state index in [4.69, 9.17) is 15.6 Å². The Balaban J connectivity index is 2.65. The Morgan fingerprint density at radius 1 is 1.56 bits per heavy atom. The molecule has 2 unspecified atom stereocenters. The second-order valence-corrected chi connectivity index (χ2v) is 5.80. The van der Waals surface area contributed by atoms with Gasteiger partial charge in [-0.3, -0.25) is 4.79 Å². The topological polar surface area (TPSA) is 72.5 Å². The molecule has 1 saturated carbocycles. The van der Waals surface area contributed by atoms with E-state index in [9.17, 15) is 4.79 Å². The van der Waals surface area contributed by atoms with Gasteiger partial charge in [-0.2, -0.15) is 0 Å². The lowest BCUT2D eigenvalue weighted by atomic mass is 9.76. The summed E-state index contributed by atoms with van der Waals surface area (Å²) in [6.07, 6.45) is 3.00. The van der Waals surface area contributed by atoms with E-state index in [0.717, 1.165) is 12.8 Å². The maximum Gasteiger partial charge on any atom is 0.326 e. The fourth-order valence-electron chi connectivity index (χ4n) is 2.15. The quantitative estimate of drug-likeness (QED) is 0.698. The van der Waals surface area contributed by atoms with Crippen LogP contribution in [-0.2, 0) is 9.53 Å². The fraction of sp³-hybridized carbons (Fsp3) is 0.917. The molecular formula is C12H23NO3. The van der Waals surface area contributed by atoms with E-state index in [2.05, 4.69) is 0 Å². The molecule has 16 heavy (non-hydrogen) atoms. The largest absolute Gasteiger partial charge is 0.459 e. The first kappa shape index (κ1) is 13.5. The SMILES string of the molecule is CC(C)(C)OC(=O)C1(N)CCCC(CO)C1. The summed E-state index contributed by atoms with van der Waals surface area (Å²) in [7, 11) is 0. The highest BCUT2D eigenvalue weighted by Crippen LogP contribution is 2.32. The van der Waals surface area contributed by atoms with Gasteiger partial charge in [-0.15, -0.1) is 0 Å². The minimum atomic E-state index is -0.904. The van der Waals surface area contributed by atoms with Crippen molar-refractivity contribution in [2.75, 3.05) is 6.61 Å². The second-order valence-electron chi connectivity index (χ2n) is 5.80. The smallest absolute Gasteiger partial charge is 0.326 e. The van der Waals surface area contributed by atoms with Crippen LogP contribution in [0.5, 0.6) is 0 Å². The lowest BCUT2D eigenvalue weighted by molar-refractivity contribution is -0.164. The molecule has 4 nitrogen and oxygen atoms in total. The number of hydrogen-bond acceptors (Lipinski definition) is 4. The summed E-state index contributed by atoms with van der Waals surface area (Å²) in [6.45, 7) is 5.60. The summed E-state index contributed by atoms with van der Waals surface area (Å²) in [5, 5.41) is 9.13. The number of aliphatic hydroxyl groups excluding tert-OH is 1. The van der Waals surface area contributed by atoms with Gasteiger partial charge in [-0.05, 0) is 46.0 Å². The third-order valence-corrected chi connectivity index (χ3v) is 2.95. The van der Waals surface area contributed by atoms with Crippen molar-refractivity contribution < 1.29 is 14.6 Å². The molecule has 94 valence electrons. The lowest BCUT2D eigenvalue weighted by Crippen LogP contribution is -2.54. The van der Waals surface area contributed by atoms with Crippen molar-refractivity contribution in [2.45, 2.75) is 57.6 Å². The van der Waals surface area contributed by atoms with Gasteiger partial charge < -0.3 is 15.6 Å². The highest BCUT2D eigenvalue weighted by atomic mass is 16.6. The highest BCUT2D eigenvalue weighted by molar-refractivity contribution is 5.81. The van der Waals surface area contributed by atoms with Crippen molar-refractivity contribution in [3.63, 3.8) is 0 Å². The van der Waals surface area contributed by atoms with Crippen molar-refractivity contribution in [3.8, 4) is 0 Å². The molecule has 0 aromatic heterocycles. The number of hydrogen-bond donors (Lipinski definition) is 2. The fourth-order valence-corrected chi connectivity index (χ4v) is 2.15. The zero-order valence-corrected chi connectivity index (χ0v) is 10.5. The molecule has 1 aliphatic carbocycles. The van der Waals surface area contributed by atoms with Crippen LogP contribution in [0.1, 0.15) is 46.5 Å². The lowest BCUT2D eigenvalue weighted by Gasteiger charge is -2.37. The molecule has 1 rings (SSSR count). The van der Waals surface area contributed by atoms with Crippen molar-refractivity contribution in [1.82, 2.24) is 0 Å². The molecule has 4 heteroatoms. The monoisotopic (exact) mass is 229 g/mol. The Morgan fingerprint density at radius 3 is 2.69 bits per heavy atom. The number of nitrogens with two attached hydrogens (primary N) is 1. The van der Waals surface area contributed by atoms with Gasteiger partial charge in [0.25, 0.3) is 0 Å². The molecule has 1 aliphatic rings. The van der Waals surface area contributed by atoms with Crippen LogP contribution in [0.4, 0.5) is 0 Å². The molecule has 2 atom stereocenters. The van der Waals surface area contributed by atoms with Gasteiger partial charge in [0, 0.05) is 6.61 Å². The zero-order valence-electron chi connectivity index (χ0n) is 10.5. The van der Waals surface area contributed by atoms with Crippen LogP contribution in [0, 0.1) is 5.92 Å². The number of ether oxygens (including phenoxy) is 1. The number of aliphatic hydroxyl groups is 1. The van der Waals surface area contributed by atoms with Gasteiger partial charge in [0.05, 0.1) is 0 Å². The van der Waals surface area contributed by atoms with Crippen molar-refractivity contribution in [2.24, 2.45) is 11.7 Å². The molecule has 0 heterocycles. The van der Waals surface area contributed by atoms with Crippen molar-refractivity contribution in [3.05, 3.63) is 0 Å². The molecule has 0 bridgehead atoms. The number of rotatable bonds is 2. The molecule has 0 radical (unpaired) electrons. The van der Waals surface area contributed by atoms with Gasteiger partial charge in [0.1, 0.15) is 11.1 Å². The van der Waals surface area contributed by atoms with Crippen LogP contribution in [0.25, 0.3) is 0 Å². The molecule has 0 amide bonds. The maximum atomic E-state index is 12.0. The highest BCUT2D eigenvalue weighted by Gasteiger charge is 2.41. The van der Waals surface area contributed by atoms with E-state index in [1.54, 1.807) is 0 Å². The van der Waals surface area contributed by atoms with Crippen LogP contribution in [-0.4, -0.2) is 28.8 Å². The Labute approximate surface area is 97.2 Å². The number of esters is 1. The Bertz CT molecular complexity index is 259. The van der Waals surface area contributed by atoms with E-state index in [1.807, 2.05) is 20.8 Å². The summed E-state index contributed by atoms with van der Waals surface area (Å²) < 4.78 is 5.33. The molecule has 0 aromatic carbocycles. The standard InChI is InChI=1S/C12H23NO3/c1-11(2,3)16-10(15)12(13)6-4-5-9(7-12)8-14/h9,14H,4-8,13H2,1-3H3. The predicted octanol–water partition coefficient (Wildman–Crippen LogP) is 1.21. The summed E-state index contributed by atoms with van der Waals surface area (Å²) in [5.41, 5.74) is 4.68. The normalized spacial score (nSPS) is 31.2. The number of carbonyl (C=O) groups excluding carboxylic acids is 1. The molecular weight excluding hydrogens is 206 g/mol. The van der Waals surface area contributed by atoms with Gasteiger partial charge in [-0.25, -0.2) is 0 Å². The summed E-state index contributed by atoms with van der Waals surface area (Å²) in [4.78, 5) is 12.0. The van der Waals surface area contributed by atoms with E-state index >= 15 is 0 Å². The minimum Gasteiger partial charge on any atom is -0.459 e. The van der Waals surface area contributed by atoms with Crippen LogP contribution in [0.3, 0.4) is 0 Å². The van der Waals surface area contributed by atoms with Gasteiger partial charge in [0.15, 0.2) is 0 Å². The summed E-state index contributed by atoms with van der Waals surface area (Å²) in [6, 6.07) is 0. The molecule has 0 aromatic rings. The molecule has 0 aliphatic heterocycles. The summed E-state index contributed by atoms with van der Waals surface area (Å²) in [5.74, 6) is -0.204. The van der Waals surface area contributed by atoms with E-state index in [-0.39, 0.29) is 18.5 Å². The third kappa shape index (κ3) is 3.46. The second kappa shape index (κ2) is 4.72. The first-order valence-electron chi connectivity index (χ1n) is 5.90. The Kier molecular flexibility index (Phi) is 3.97. The average molecular weight is 229 g/mol. The van der Waals surface area contributed by atoms with Gasteiger partial charge in [-0.1, -0.05) is 6.42 Å². The third-order valence-electron chi connectivity index (χ3n) is 2.95. The van der Waals surface area contributed by atoms with Crippen molar-refractivity contribution >= 4 is 5.97 Å². The first-order chi connectivity index (χ1) is 7.27. The van der Waals surface area contributed by atoms with E-state index < -0.39 is 11.1 Å².